The van der Waals surface area contributed by atoms with Gasteiger partial charge >= 0.3 is 0 Å². The van der Waals surface area contributed by atoms with E-state index in [1.165, 1.54) is 11.1 Å². The molecule has 0 aliphatic rings. The van der Waals surface area contributed by atoms with Crippen LogP contribution in [0.3, 0.4) is 0 Å². The van der Waals surface area contributed by atoms with Crippen LogP contribution in [0, 0.1) is 10.7 Å². The lowest BCUT2D eigenvalue weighted by Crippen LogP contribution is -2.12. The first kappa shape index (κ1) is 11.7. The van der Waals surface area contributed by atoms with Gasteiger partial charge in [-0.2, -0.15) is 0 Å². The van der Waals surface area contributed by atoms with E-state index in [1.54, 1.807) is 0 Å². The molecule has 0 spiro atoms. The molecule has 1 N–H and O–H groups in total. The lowest BCUT2D eigenvalue weighted by molar-refractivity contribution is 0.463. The number of aryl methyl sites for hydroxylation is 1. The second-order valence-electron chi connectivity index (χ2n) is 3.80. The van der Waals surface area contributed by atoms with Crippen LogP contribution in [0.5, 0.6) is 0 Å². The van der Waals surface area contributed by atoms with Gasteiger partial charge in [0.25, 0.3) is 0 Å². The smallest absolute Gasteiger partial charge is 0.164 e. The van der Waals surface area contributed by atoms with Crippen LogP contribution in [0.4, 0.5) is 0 Å². The van der Waals surface area contributed by atoms with E-state index in [0.29, 0.717) is 0 Å². The Morgan fingerprint density at radius 1 is 1.19 bits per heavy atom. The van der Waals surface area contributed by atoms with Crippen molar-refractivity contribution >= 4 is 22.6 Å². The van der Waals surface area contributed by atoms with Crippen LogP contribution < -0.4 is 5.32 Å². The van der Waals surface area contributed by atoms with E-state index in [2.05, 4.69) is 59.1 Å². The molecule has 1 aromatic heterocycles. The van der Waals surface area contributed by atoms with Crippen LogP contribution in [0.25, 0.3) is 0 Å². The first-order valence-electron chi connectivity index (χ1n) is 5.24. The third-order valence-corrected chi connectivity index (χ3v) is 2.92. The molecule has 2 aromatic rings. The standard InChI is InChI=1S/C13H14INO/c1-10-3-2-4-11(7-10)8-15-9-12-5-6-13(14)16-12/h2-7,15H,8-9H2,1H3. The summed E-state index contributed by atoms with van der Waals surface area (Å²) in [5.74, 6) is 0.983. The predicted molar refractivity (Wildman–Crippen MR) is 73.1 cm³/mol. The number of benzene rings is 1. The van der Waals surface area contributed by atoms with Crippen LogP contribution in [-0.4, -0.2) is 0 Å². The average molecular weight is 327 g/mol. The molecule has 1 heterocycles. The molecule has 2 rings (SSSR count). The van der Waals surface area contributed by atoms with Crippen molar-refractivity contribution in [2.24, 2.45) is 0 Å². The van der Waals surface area contributed by atoms with E-state index in [4.69, 9.17) is 4.42 Å². The molecule has 16 heavy (non-hydrogen) atoms. The quantitative estimate of drug-likeness (QED) is 0.870. The van der Waals surface area contributed by atoms with Crippen molar-refractivity contribution in [3.63, 3.8) is 0 Å². The molecular weight excluding hydrogens is 313 g/mol. The maximum absolute atomic E-state index is 5.47. The van der Waals surface area contributed by atoms with E-state index in [0.717, 1.165) is 22.6 Å². The van der Waals surface area contributed by atoms with Gasteiger partial charge in [0.05, 0.1) is 6.54 Å². The fourth-order valence-corrected chi connectivity index (χ4v) is 2.06. The normalized spacial score (nSPS) is 10.6. The Morgan fingerprint density at radius 2 is 2.06 bits per heavy atom. The van der Waals surface area contributed by atoms with Gasteiger partial charge in [-0.15, -0.1) is 0 Å². The molecule has 0 saturated heterocycles. The van der Waals surface area contributed by atoms with Gasteiger partial charge in [0, 0.05) is 6.54 Å². The van der Waals surface area contributed by atoms with Crippen LogP contribution in [0.1, 0.15) is 16.9 Å². The highest BCUT2D eigenvalue weighted by atomic mass is 127. The Balaban J connectivity index is 1.84. The maximum atomic E-state index is 5.47. The molecular formula is C13H14INO. The minimum Gasteiger partial charge on any atom is -0.454 e. The van der Waals surface area contributed by atoms with Gasteiger partial charge in [-0.1, -0.05) is 29.8 Å². The number of nitrogens with one attached hydrogen (secondary N) is 1. The minimum absolute atomic E-state index is 0.775. The molecule has 0 bridgehead atoms. The predicted octanol–water partition coefficient (Wildman–Crippen LogP) is 3.48. The van der Waals surface area contributed by atoms with Gasteiger partial charge in [0.2, 0.25) is 0 Å². The largest absolute Gasteiger partial charge is 0.454 e. The van der Waals surface area contributed by atoms with Crippen LogP contribution in [0.15, 0.2) is 40.8 Å². The van der Waals surface area contributed by atoms with E-state index in [1.807, 2.05) is 12.1 Å². The number of hydrogen-bond acceptors (Lipinski definition) is 2. The summed E-state index contributed by atoms with van der Waals surface area (Å²) in [6.07, 6.45) is 0. The van der Waals surface area contributed by atoms with E-state index in [9.17, 15) is 0 Å². The average Bonchev–Trinajstić information content (AvgIpc) is 2.64. The van der Waals surface area contributed by atoms with Crippen LogP contribution in [-0.2, 0) is 13.1 Å². The topological polar surface area (TPSA) is 25.2 Å². The third-order valence-electron chi connectivity index (χ3n) is 2.34. The fraction of sp³-hybridized carbons (Fsp3) is 0.231. The Labute approximate surface area is 109 Å². The molecule has 84 valence electrons. The molecule has 2 nitrogen and oxygen atoms in total. The van der Waals surface area contributed by atoms with Gasteiger partial charge in [-0.05, 0) is 47.2 Å². The zero-order valence-electron chi connectivity index (χ0n) is 9.16. The van der Waals surface area contributed by atoms with E-state index < -0.39 is 0 Å². The highest BCUT2D eigenvalue weighted by Gasteiger charge is 1.98. The Bertz CT molecular complexity index is 464. The summed E-state index contributed by atoms with van der Waals surface area (Å²) in [5, 5.41) is 3.36. The molecule has 0 atom stereocenters. The van der Waals surface area contributed by atoms with Crippen LogP contribution in [0.2, 0.25) is 0 Å². The van der Waals surface area contributed by atoms with Crippen molar-refractivity contribution in [3.05, 3.63) is 57.1 Å². The van der Waals surface area contributed by atoms with E-state index in [-0.39, 0.29) is 0 Å². The summed E-state index contributed by atoms with van der Waals surface area (Å²) in [6, 6.07) is 12.5. The molecule has 0 fully saturated rings. The third kappa shape index (κ3) is 3.35. The molecule has 0 radical (unpaired) electrons. The second-order valence-corrected chi connectivity index (χ2v) is 4.86. The van der Waals surface area contributed by atoms with Gasteiger partial charge in [0.15, 0.2) is 3.77 Å². The molecule has 0 aliphatic carbocycles. The number of halogens is 1. The lowest BCUT2D eigenvalue weighted by Gasteiger charge is -2.03. The van der Waals surface area contributed by atoms with Crippen molar-refractivity contribution in [3.8, 4) is 0 Å². The van der Waals surface area contributed by atoms with Gasteiger partial charge < -0.3 is 9.73 Å². The number of furan rings is 1. The van der Waals surface area contributed by atoms with Gasteiger partial charge in [-0.25, -0.2) is 0 Å². The second kappa shape index (κ2) is 5.50. The lowest BCUT2D eigenvalue weighted by atomic mass is 10.1. The summed E-state index contributed by atoms with van der Waals surface area (Å²) in [5.41, 5.74) is 2.60. The highest BCUT2D eigenvalue weighted by Crippen LogP contribution is 2.10. The fourth-order valence-electron chi connectivity index (χ4n) is 1.60. The van der Waals surface area contributed by atoms with Crippen molar-refractivity contribution < 1.29 is 4.42 Å². The molecule has 0 unspecified atom stereocenters. The molecule has 1 aromatic carbocycles. The SMILES string of the molecule is Cc1cccc(CNCc2ccc(I)o2)c1. The van der Waals surface area contributed by atoms with E-state index >= 15 is 0 Å². The van der Waals surface area contributed by atoms with Crippen molar-refractivity contribution in [1.29, 1.82) is 0 Å². The highest BCUT2D eigenvalue weighted by molar-refractivity contribution is 14.1. The molecule has 0 saturated carbocycles. The van der Waals surface area contributed by atoms with Crippen molar-refractivity contribution in [1.82, 2.24) is 5.32 Å². The summed E-state index contributed by atoms with van der Waals surface area (Å²) < 4.78 is 6.40. The van der Waals surface area contributed by atoms with Gasteiger partial charge in [0.1, 0.15) is 5.76 Å². The maximum Gasteiger partial charge on any atom is 0.164 e. The molecule has 0 aliphatic heterocycles. The number of hydrogen-bond donors (Lipinski definition) is 1. The minimum atomic E-state index is 0.775. The zero-order chi connectivity index (χ0) is 11.4. The monoisotopic (exact) mass is 327 g/mol. The Morgan fingerprint density at radius 3 is 2.75 bits per heavy atom. The summed E-state index contributed by atoms with van der Waals surface area (Å²) >= 11 is 2.17. The Hall–Kier alpha value is -0.810. The van der Waals surface area contributed by atoms with Crippen LogP contribution >= 0.6 is 22.6 Å². The summed E-state index contributed by atoms with van der Waals surface area (Å²) in [7, 11) is 0. The first-order chi connectivity index (χ1) is 7.74. The van der Waals surface area contributed by atoms with Crippen molar-refractivity contribution in [2.75, 3.05) is 0 Å². The molecule has 3 heteroatoms. The summed E-state index contributed by atoms with van der Waals surface area (Å²) in [6.45, 7) is 3.76. The zero-order valence-corrected chi connectivity index (χ0v) is 11.3. The number of rotatable bonds is 4. The molecule has 0 amide bonds. The first-order valence-corrected chi connectivity index (χ1v) is 6.32. The van der Waals surface area contributed by atoms with Crippen molar-refractivity contribution in [2.45, 2.75) is 20.0 Å². The Kier molecular flexibility index (Phi) is 4.01. The van der Waals surface area contributed by atoms with Gasteiger partial charge in [-0.3, -0.25) is 0 Å². The summed E-state index contributed by atoms with van der Waals surface area (Å²) in [4.78, 5) is 0.